The fraction of sp³-hybridized carbons (Fsp3) is 0.294. The number of amides is 1. The Morgan fingerprint density at radius 3 is 2.54 bits per heavy atom. The van der Waals surface area contributed by atoms with E-state index in [-0.39, 0.29) is 16.5 Å². The molecule has 0 atom stereocenters. The third kappa shape index (κ3) is 3.71. The Balaban J connectivity index is 1.62. The molecule has 0 spiro atoms. The van der Waals surface area contributed by atoms with Crippen molar-refractivity contribution in [1.29, 1.82) is 0 Å². The van der Waals surface area contributed by atoms with Crippen LogP contribution in [0.2, 0.25) is 5.02 Å². The molecular formula is C17H16ClF2N3O. The molecule has 1 saturated heterocycles. The second-order valence-electron chi connectivity index (χ2n) is 5.68. The predicted octanol–water partition coefficient (Wildman–Crippen LogP) is 2.97. The van der Waals surface area contributed by atoms with Crippen molar-refractivity contribution in [2.45, 2.75) is 6.54 Å². The summed E-state index contributed by atoms with van der Waals surface area (Å²) in [4.78, 5) is 20.4. The summed E-state index contributed by atoms with van der Waals surface area (Å²) >= 11 is 5.88. The van der Waals surface area contributed by atoms with Crippen molar-refractivity contribution in [3.63, 3.8) is 0 Å². The van der Waals surface area contributed by atoms with E-state index in [9.17, 15) is 13.6 Å². The van der Waals surface area contributed by atoms with E-state index >= 15 is 0 Å². The summed E-state index contributed by atoms with van der Waals surface area (Å²) in [7, 11) is 0. The summed E-state index contributed by atoms with van der Waals surface area (Å²) in [5, 5.41) is -0.0725. The second-order valence-corrected chi connectivity index (χ2v) is 6.08. The van der Waals surface area contributed by atoms with Gasteiger partial charge in [0.2, 0.25) is 0 Å². The van der Waals surface area contributed by atoms with E-state index in [1.165, 1.54) is 0 Å². The molecule has 0 unspecified atom stereocenters. The molecule has 1 aliphatic heterocycles. The molecule has 2 aromatic rings. The molecule has 1 aliphatic rings. The van der Waals surface area contributed by atoms with Crippen molar-refractivity contribution < 1.29 is 13.6 Å². The van der Waals surface area contributed by atoms with E-state index < -0.39 is 11.6 Å². The topological polar surface area (TPSA) is 36.4 Å². The summed E-state index contributed by atoms with van der Waals surface area (Å²) in [6.45, 7) is 3.18. The van der Waals surface area contributed by atoms with Gasteiger partial charge in [-0.2, -0.15) is 0 Å². The third-order valence-electron chi connectivity index (χ3n) is 4.03. The largest absolute Gasteiger partial charge is 0.336 e. The number of rotatable bonds is 3. The Kier molecular flexibility index (Phi) is 5.06. The molecule has 0 N–H and O–H groups in total. The van der Waals surface area contributed by atoms with Crippen molar-refractivity contribution in [3.8, 4) is 0 Å². The Bertz CT molecular complexity index is 734. The molecular weight excluding hydrogens is 336 g/mol. The van der Waals surface area contributed by atoms with Gasteiger partial charge in [0.25, 0.3) is 5.91 Å². The highest BCUT2D eigenvalue weighted by Crippen LogP contribution is 2.22. The predicted molar refractivity (Wildman–Crippen MR) is 86.8 cm³/mol. The molecule has 126 valence electrons. The highest BCUT2D eigenvalue weighted by Gasteiger charge is 2.24. The average molecular weight is 352 g/mol. The number of hydrogen-bond donors (Lipinski definition) is 0. The lowest BCUT2D eigenvalue weighted by Gasteiger charge is -2.34. The number of carbonyl (C=O) groups excluding carboxylic acids is 1. The normalized spacial score (nSPS) is 15.5. The smallest absolute Gasteiger partial charge is 0.255 e. The van der Waals surface area contributed by atoms with Crippen LogP contribution in [0.25, 0.3) is 0 Å². The number of pyridine rings is 1. The first kappa shape index (κ1) is 16.8. The standard InChI is InChI=1S/C17H16ClF2N3O/c18-14-9-16(20)15(19)8-13(14)17(24)23-6-4-22(5-7-23)11-12-2-1-3-21-10-12/h1-3,8-10H,4-7,11H2. The van der Waals surface area contributed by atoms with Crippen LogP contribution in [-0.4, -0.2) is 46.9 Å². The van der Waals surface area contributed by atoms with Gasteiger partial charge in [-0.15, -0.1) is 0 Å². The Labute approximate surface area is 143 Å². The molecule has 1 aromatic heterocycles. The van der Waals surface area contributed by atoms with Crippen molar-refractivity contribution >= 4 is 17.5 Å². The lowest BCUT2D eigenvalue weighted by molar-refractivity contribution is 0.0628. The van der Waals surface area contributed by atoms with E-state index in [2.05, 4.69) is 9.88 Å². The van der Waals surface area contributed by atoms with Crippen molar-refractivity contribution in [2.24, 2.45) is 0 Å². The minimum absolute atomic E-state index is 0.00345. The fourth-order valence-electron chi connectivity index (χ4n) is 2.72. The van der Waals surface area contributed by atoms with Crippen LogP contribution in [0.15, 0.2) is 36.7 Å². The summed E-state index contributed by atoms with van der Waals surface area (Å²) in [5.41, 5.74) is 1.11. The van der Waals surface area contributed by atoms with Gasteiger partial charge < -0.3 is 4.90 Å². The summed E-state index contributed by atoms with van der Waals surface area (Å²) < 4.78 is 26.5. The molecule has 3 rings (SSSR count). The Morgan fingerprint density at radius 1 is 1.17 bits per heavy atom. The summed E-state index contributed by atoms with van der Waals surface area (Å²) in [6.07, 6.45) is 3.55. The quantitative estimate of drug-likeness (QED) is 0.798. The van der Waals surface area contributed by atoms with E-state index in [1.54, 1.807) is 11.1 Å². The highest BCUT2D eigenvalue weighted by atomic mass is 35.5. The van der Waals surface area contributed by atoms with E-state index in [4.69, 9.17) is 11.6 Å². The molecule has 0 bridgehead atoms. The maximum Gasteiger partial charge on any atom is 0.255 e. The van der Waals surface area contributed by atoms with Crippen LogP contribution in [0.4, 0.5) is 8.78 Å². The van der Waals surface area contributed by atoms with E-state index in [0.717, 1.165) is 24.2 Å². The number of halogens is 3. The number of carbonyl (C=O) groups is 1. The van der Waals surface area contributed by atoms with Crippen molar-refractivity contribution in [2.75, 3.05) is 26.2 Å². The van der Waals surface area contributed by atoms with Gasteiger partial charge in [-0.3, -0.25) is 14.7 Å². The van der Waals surface area contributed by atoms with Gasteiger partial charge in [0.05, 0.1) is 10.6 Å². The van der Waals surface area contributed by atoms with Crippen molar-refractivity contribution in [3.05, 3.63) is 64.4 Å². The van der Waals surface area contributed by atoms with Crippen LogP contribution in [0.1, 0.15) is 15.9 Å². The Hall–Kier alpha value is -2.05. The molecule has 0 radical (unpaired) electrons. The minimum atomic E-state index is -1.07. The highest BCUT2D eigenvalue weighted by molar-refractivity contribution is 6.33. The number of aromatic nitrogens is 1. The van der Waals surface area contributed by atoms with Crippen LogP contribution in [0, 0.1) is 11.6 Å². The lowest BCUT2D eigenvalue weighted by atomic mass is 10.1. The number of nitrogens with zero attached hydrogens (tertiary/aromatic N) is 3. The SMILES string of the molecule is O=C(c1cc(F)c(F)cc1Cl)N1CCN(Cc2cccnc2)CC1. The molecule has 0 aliphatic carbocycles. The first-order valence-corrected chi connectivity index (χ1v) is 7.97. The monoisotopic (exact) mass is 351 g/mol. The summed E-state index contributed by atoms with van der Waals surface area (Å²) in [5.74, 6) is -2.50. The maximum atomic E-state index is 13.4. The number of benzene rings is 1. The van der Waals surface area contributed by atoms with Crippen molar-refractivity contribution in [1.82, 2.24) is 14.8 Å². The van der Waals surface area contributed by atoms with Crippen LogP contribution < -0.4 is 0 Å². The zero-order valence-corrected chi connectivity index (χ0v) is 13.6. The first-order chi connectivity index (χ1) is 11.5. The molecule has 1 aromatic carbocycles. The zero-order chi connectivity index (χ0) is 17.1. The zero-order valence-electron chi connectivity index (χ0n) is 12.9. The van der Waals surface area contributed by atoms with Crippen LogP contribution in [0.5, 0.6) is 0 Å². The van der Waals surface area contributed by atoms with Gasteiger partial charge in [0.1, 0.15) is 0 Å². The van der Waals surface area contributed by atoms with Gasteiger partial charge in [0, 0.05) is 45.1 Å². The maximum absolute atomic E-state index is 13.4. The molecule has 24 heavy (non-hydrogen) atoms. The molecule has 2 heterocycles. The van der Waals surface area contributed by atoms with Crippen LogP contribution in [0.3, 0.4) is 0 Å². The minimum Gasteiger partial charge on any atom is -0.336 e. The molecule has 0 saturated carbocycles. The van der Waals surface area contributed by atoms with Crippen LogP contribution >= 0.6 is 11.6 Å². The number of hydrogen-bond acceptors (Lipinski definition) is 3. The van der Waals surface area contributed by atoms with Gasteiger partial charge in [-0.05, 0) is 23.8 Å². The third-order valence-corrected chi connectivity index (χ3v) is 4.34. The second kappa shape index (κ2) is 7.23. The van der Waals surface area contributed by atoms with E-state index in [0.29, 0.717) is 26.2 Å². The fourth-order valence-corrected chi connectivity index (χ4v) is 2.95. The molecule has 4 nitrogen and oxygen atoms in total. The summed E-state index contributed by atoms with van der Waals surface area (Å²) in [6, 6.07) is 5.59. The van der Waals surface area contributed by atoms with Gasteiger partial charge in [-0.25, -0.2) is 8.78 Å². The molecule has 7 heteroatoms. The average Bonchev–Trinajstić information content (AvgIpc) is 2.59. The molecule has 1 fully saturated rings. The number of piperazine rings is 1. The van der Waals surface area contributed by atoms with E-state index in [1.807, 2.05) is 18.3 Å². The molecule has 1 amide bonds. The van der Waals surface area contributed by atoms with Gasteiger partial charge >= 0.3 is 0 Å². The lowest BCUT2D eigenvalue weighted by Crippen LogP contribution is -2.48. The van der Waals surface area contributed by atoms with Gasteiger partial charge in [-0.1, -0.05) is 17.7 Å². The van der Waals surface area contributed by atoms with Gasteiger partial charge in [0.15, 0.2) is 11.6 Å². The van der Waals surface area contributed by atoms with Crippen LogP contribution in [-0.2, 0) is 6.54 Å². The Morgan fingerprint density at radius 2 is 1.88 bits per heavy atom. The first-order valence-electron chi connectivity index (χ1n) is 7.59.